The fourth-order valence-corrected chi connectivity index (χ4v) is 5.83. The van der Waals surface area contributed by atoms with E-state index in [1.54, 1.807) is 0 Å². The first-order valence-electron chi connectivity index (χ1n) is 9.25. The topological polar surface area (TPSA) is 105 Å². The van der Waals surface area contributed by atoms with Gasteiger partial charge >= 0.3 is 5.97 Å². The van der Waals surface area contributed by atoms with Crippen molar-refractivity contribution in [2.45, 2.75) is 24.4 Å². The molecule has 2 heterocycles. The predicted octanol–water partition coefficient (Wildman–Crippen LogP) is 2.71. The van der Waals surface area contributed by atoms with Crippen LogP contribution in [0.2, 0.25) is 0 Å². The molecule has 1 N–H and O–H groups in total. The molecule has 0 saturated heterocycles. The summed E-state index contributed by atoms with van der Waals surface area (Å²) in [6.45, 7) is -0.187. The van der Waals surface area contributed by atoms with Gasteiger partial charge in [-0.05, 0) is 29.2 Å². The quantitative estimate of drug-likeness (QED) is 0.611. The number of carboxylic acid groups (broad SMARTS) is 1. The third kappa shape index (κ3) is 4.35. The van der Waals surface area contributed by atoms with E-state index in [4.69, 9.17) is 5.11 Å². The van der Waals surface area contributed by atoms with Gasteiger partial charge in [0.2, 0.25) is 5.91 Å². The summed E-state index contributed by atoms with van der Waals surface area (Å²) in [6.07, 6.45) is 0.440. The van der Waals surface area contributed by atoms with E-state index in [1.807, 2.05) is 30.3 Å². The molecule has 1 aromatic heterocycles. The van der Waals surface area contributed by atoms with E-state index in [9.17, 15) is 18.0 Å². The van der Waals surface area contributed by atoms with Crippen LogP contribution in [0, 0.1) is 11.8 Å². The number of carbonyl (C=O) groups is 2. The van der Waals surface area contributed by atoms with Crippen molar-refractivity contribution in [1.29, 1.82) is 0 Å². The fraction of sp³-hybridized carbons (Fsp3) is 0.136. The largest absolute Gasteiger partial charge is 0.478 e. The average Bonchev–Trinajstić information content (AvgIpc) is 3.16. The Morgan fingerprint density at radius 3 is 2.48 bits per heavy atom. The highest BCUT2D eigenvalue weighted by atomic mass is 32.2. The maximum Gasteiger partial charge on any atom is 0.335 e. The molecule has 31 heavy (non-hydrogen) atoms. The van der Waals surface area contributed by atoms with Crippen molar-refractivity contribution in [3.63, 3.8) is 0 Å². The van der Waals surface area contributed by atoms with Gasteiger partial charge < -0.3 is 5.11 Å². The number of fused-ring (bicyclic) bond motifs is 1. The molecule has 0 saturated carbocycles. The minimum Gasteiger partial charge on any atom is -0.478 e. The Hall–Kier alpha value is -3.48. The molecule has 0 fully saturated rings. The first kappa shape index (κ1) is 20.8. The molecule has 7 nitrogen and oxygen atoms in total. The highest BCUT2D eigenvalue weighted by Gasteiger charge is 2.39. The number of amides is 1. The normalized spacial score (nSPS) is 14.5. The van der Waals surface area contributed by atoms with Gasteiger partial charge in [0, 0.05) is 6.42 Å². The Kier molecular flexibility index (Phi) is 5.59. The molecular weight excluding hydrogens is 436 g/mol. The van der Waals surface area contributed by atoms with E-state index in [0.29, 0.717) is 21.9 Å². The average molecular weight is 453 g/mol. The zero-order chi connectivity index (χ0) is 22.0. The van der Waals surface area contributed by atoms with Gasteiger partial charge in [-0.25, -0.2) is 14.1 Å². The van der Waals surface area contributed by atoms with Gasteiger partial charge in [-0.3, -0.25) is 4.79 Å². The number of carbonyl (C=O) groups excluding carboxylic acids is 1. The van der Waals surface area contributed by atoms with E-state index < -0.39 is 21.9 Å². The van der Waals surface area contributed by atoms with Crippen LogP contribution in [0.4, 0.5) is 0 Å². The van der Waals surface area contributed by atoms with Crippen molar-refractivity contribution < 1.29 is 23.1 Å². The summed E-state index contributed by atoms with van der Waals surface area (Å²) in [5.74, 6) is 4.24. The fourth-order valence-electron chi connectivity index (χ4n) is 3.08. The Labute approximate surface area is 183 Å². The van der Waals surface area contributed by atoms with Crippen LogP contribution in [-0.4, -0.2) is 34.7 Å². The molecule has 4 rings (SSSR count). The van der Waals surface area contributed by atoms with Crippen LogP contribution in [0.3, 0.4) is 0 Å². The predicted molar refractivity (Wildman–Crippen MR) is 114 cm³/mol. The van der Waals surface area contributed by atoms with Crippen LogP contribution in [0.1, 0.15) is 31.4 Å². The highest BCUT2D eigenvalue weighted by Crippen LogP contribution is 2.32. The van der Waals surface area contributed by atoms with Gasteiger partial charge in [-0.15, -0.1) is 11.3 Å². The third-order valence-electron chi connectivity index (χ3n) is 4.64. The second-order valence-electron chi connectivity index (χ2n) is 6.80. The van der Waals surface area contributed by atoms with Gasteiger partial charge in [-0.1, -0.05) is 48.4 Å². The van der Waals surface area contributed by atoms with Crippen molar-refractivity contribution in [1.82, 2.24) is 9.29 Å². The van der Waals surface area contributed by atoms with Gasteiger partial charge in [-0.2, -0.15) is 8.42 Å². The lowest BCUT2D eigenvalue weighted by Gasteiger charge is -2.25. The summed E-state index contributed by atoms with van der Waals surface area (Å²) in [7, 11) is -4.11. The minimum absolute atomic E-state index is 0.0696. The summed E-state index contributed by atoms with van der Waals surface area (Å²) in [4.78, 5) is 28.1. The summed E-state index contributed by atoms with van der Waals surface area (Å²) in [5.41, 5.74) is 1.62. The van der Waals surface area contributed by atoms with Crippen LogP contribution in [0.5, 0.6) is 0 Å². The summed E-state index contributed by atoms with van der Waals surface area (Å²) in [6, 6.07) is 15.4. The van der Waals surface area contributed by atoms with E-state index in [1.165, 1.54) is 24.3 Å². The number of sulfonamides is 1. The molecule has 1 aliphatic heterocycles. The Morgan fingerprint density at radius 2 is 1.81 bits per heavy atom. The molecule has 3 aromatic rings. The maximum atomic E-state index is 13.0. The van der Waals surface area contributed by atoms with E-state index in [-0.39, 0.29) is 23.6 Å². The van der Waals surface area contributed by atoms with Crippen molar-refractivity contribution in [3.05, 3.63) is 81.2 Å². The number of carboxylic acids is 1. The van der Waals surface area contributed by atoms with E-state index in [0.717, 1.165) is 21.2 Å². The summed E-state index contributed by atoms with van der Waals surface area (Å²) >= 11 is 1.11. The molecule has 0 aliphatic carbocycles. The van der Waals surface area contributed by atoms with E-state index >= 15 is 0 Å². The zero-order valence-electron chi connectivity index (χ0n) is 16.1. The zero-order valence-corrected chi connectivity index (χ0v) is 17.7. The van der Waals surface area contributed by atoms with Gasteiger partial charge in [0.05, 0.1) is 23.4 Å². The highest BCUT2D eigenvalue weighted by molar-refractivity contribution is 7.89. The molecule has 1 aliphatic rings. The smallest absolute Gasteiger partial charge is 0.335 e. The second-order valence-corrected chi connectivity index (χ2v) is 9.66. The standard InChI is InChI=1S/C22H16N2O5S2/c25-20-13-18-21(23-19(30-18)8-4-7-15-5-2-1-3-6-15)31(28,29)24(20)14-16-9-11-17(12-10-16)22(26)27/h1-3,5-6,9-12H,7,13-14H2,(H,26,27). The van der Waals surface area contributed by atoms with Gasteiger partial charge in [0.25, 0.3) is 10.0 Å². The Balaban J connectivity index is 1.56. The molecule has 0 bridgehead atoms. The monoisotopic (exact) mass is 452 g/mol. The first-order chi connectivity index (χ1) is 14.8. The number of rotatable bonds is 4. The van der Waals surface area contributed by atoms with Crippen LogP contribution in [0.15, 0.2) is 59.6 Å². The molecule has 0 radical (unpaired) electrons. The molecular formula is C22H16N2O5S2. The van der Waals surface area contributed by atoms with Crippen LogP contribution >= 0.6 is 11.3 Å². The van der Waals surface area contributed by atoms with Crippen molar-refractivity contribution in [3.8, 4) is 11.8 Å². The lowest BCUT2D eigenvalue weighted by Crippen LogP contribution is -2.41. The lowest BCUT2D eigenvalue weighted by molar-refractivity contribution is -0.126. The van der Waals surface area contributed by atoms with Crippen LogP contribution in [-0.2, 0) is 34.2 Å². The molecule has 0 atom stereocenters. The summed E-state index contributed by atoms with van der Waals surface area (Å²) < 4.78 is 26.8. The molecule has 0 unspecified atom stereocenters. The maximum absolute atomic E-state index is 13.0. The number of hydrogen-bond donors (Lipinski definition) is 1. The SMILES string of the molecule is O=C(O)c1ccc(CN2C(=O)Cc3sc(C#CCc4ccccc4)nc3S2(=O)=O)cc1. The number of hydrogen-bond acceptors (Lipinski definition) is 6. The van der Waals surface area contributed by atoms with E-state index in [2.05, 4.69) is 16.8 Å². The number of aromatic nitrogens is 1. The van der Waals surface area contributed by atoms with Crippen molar-refractivity contribution >= 4 is 33.2 Å². The molecule has 0 spiro atoms. The Morgan fingerprint density at radius 1 is 1.10 bits per heavy atom. The lowest BCUT2D eigenvalue weighted by atomic mass is 10.1. The van der Waals surface area contributed by atoms with Gasteiger partial charge in [0.1, 0.15) is 0 Å². The molecule has 1 amide bonds. The number of thiazole rings is 1. The number of benzene rings is 2. The number of nitrogens with zero attached hydrogens (tertiary/aromatic N) is 2. The first-order valence-corrected chi connectivity index (χ1v) is 11.5. The van der Waals surface area contributed by atoms with Crippen LogP contribution in [0.25, 0.3) is 0 Å². The molecule has 156 valence electrons. The third-order valence-corrected chi connectivity index (χ3v) is 7.48. The molecule has 2 aromatic carbocycles. The van der Waals surface area contributed by atoms with Crippen LogP contribution < -0.4 is 0 Å². The second kappa shape index (κ2) is 8.34. The van der Waals surface area contributed by atoms with Crippen molar-refractivity contribution in [2.24, 2.45) is 0 Å². The molecule has 9 heteroatoms. The van der Waals surface area contributed by atoms with Crippen molar-refractivity contribution in [2.75, 3.05) is 0 Å². The number of aromatic carboxylic acids is 1. The van der Waals surface area contributed by atoms with Gasteiger partial charge in [0.15, 0.2) is 10.0 Å². The Bertz CT molecular complexity index is 1320. The minimum atomic E-state index is -4.11. The summed E-state index contributed by atoms with van der Waals surface area (Å²) in [5, 5.41) is 9.20.